The number of nitrogens with zero attached hydrogens (tertiary/aromatic N) is 3. The Morgan fingerprint density at radius 3 is 2.59 bits per heavy atom. The van der Waals surface area contributed by atoms with Gasteiger partial charge in [-0.2, -0.15) is 0 Å². The van der Waals surface area contributed by atoms with Gasteiger partial charge in [0.15, 0.2) is 0 Å². The van der Waals surface area contributed by atoms with Gasteiger partial charge in [-0.25, -0.2) is 14.8 Å². The van der Waals surface area contributed by atoms with Crippen LogP contribution in [-0.4, -0.2) is 39.0 Å². The number of hydrogen-bond acceptors (Lipinski definition) is 8. The molecule has 34 heavy (non-hydrogen) atoms. The second-order valence-electron chi connectivity index (χ2n) is 8.64. The lowest BCUT2D eigenvalue weighted by Gasteiger charge is -2.22. The van der Waals surface area contributed by atoms with E-state index in [1.54, 1.807) is 30.3 Å². The van der Waals surface area contributed by atoms with Gasteiger partial charge in [0, 0.05) is 29.5 Å². The van der Waals surface area contributed by atoms with Crippen LogP contribution in [-0.2, 0) is 4.74 Å². The summed E-state index contributed by atoms with van der Waals surface area (Å²) in [5.41, 5.74) is 6.18. The average Bonchev–Trinajstić information content (AvgIpc) is 2.77. The molecular formula is C23H26N6O5. The lowest BCUT2D eigenvalue weighted by Crippen LogP contribution is -2.41. The summed E-state index contributed by atoms with van der Waals surface area (Å²) in [4.78, 5) is 43.1. The van der Waals surface area contributed by atoms with Gasteiger partial charge in [0.2, 0.25) is 0 Å². The predicted molar refractivity (Wildman–Crippen MR) is 126 cm³/mol. The molecule has 1 unspecified atom stereocenters. The van der Waals surface area contributed by atoms with Crippen LogP contribution in [0.4, 0.5) is 16.3 Å². The molecule has 1 atom stereocenters. The van der Waals surface area contributed by atoms with Gasteiger partial charge in [0.25, 0.3) is 11.6 Å². The van der Waals surface area contributed by atoms with Crippen LogP contribution in [0.5, 0.6) is 0 Å². The number of nitrogens with two attached hydrogens (primary N) is 1. The van der Waals surface area contributed by atoms with Crippen LogP contribution in [0, 0.1) is 10.1 Å². The van der Waals surface area contributed by atoms with Crippen LogP contribution >= 0.6 is 0 Å². The van der Waals surface area contributed by atoms with E-state index in [0.29, 0.717) is 28.7 Å². The molecule has 11 nitrogen and oxygen atoms in total. The first-order chi connectivity index (χ1) is 16.0. The number of carbonyl (C=O) groups is 2. The number of amides is 2. The number of rotatable bonds is 8. The molecule has 0 aliphatic heterocycles. The van der Waals surface area contributed by atoms with Gasteiger partial charge in [-0.3, -0.25) is 14.9 Å². The molecule has 1 aromatic heterocycles. The van der Waals surface area contributed by atoms with Gasteiger partial charge in [0.05, 0.1) is 28.7 Å². The number of nitro benzene ring substituents is 1. The number of hydrogen-bond donors (Lipinski definition) is 3. The fraction of sp³-hybridized carbons (Fsp3) is 0.304. The Morgan fingerprint density at radius 2 is 1.91 bits per heavy atom. The van der Waals surface area contributed by atoms with Gasteiger partial charge >= 0.3 is 6.09 Å². The number of primary amides is 1. The fourth-order valence-electron chi connectivity index (χ4n) is 3.36. The summed E-state index contributed by atoms with van der Waals surface area (Å²) in [5, 5.41) is 17.8. The van der Waals surface area contributed by atoms with E-state index < -0.39 is 28.5 Å². The Balaban J connectivity index is 1.91. The molecule has 178 valence electrons. The van der Waals surface area contributed by atoms with E-state index in [-0.39, 0.29) is 17.9 Å². The van der Waals surface area contributed by atoms with Crippen LogP contribution in [0.3, 0.4) is 0 Å². The summed E-state index contributed by atoms with van der Waals surface area (Å²) in [6.07, 6.45) is 1.03. The molecule has 1 heterocycles. The molecule has 0 radical (unpaired) electrons. The molecule has 0 saturated carbocycles. The molecule has 11 heteroatoms. The zero-order valence-corrected chi connectivity index (χ0v) is 19.1. The van der Waals surface area contributed by atoms with Crippen LogP contribution in [0.15, 0.2) is 48.8 Å². The molecule has 0 aliphatic rings. The minimum Gasteiger partial charge on any atom is -0.449 e. The SMILES string of the molecule is CC(C)(C)NC(=O)OCCC(Nc1ncnc2c(C(N)=O)cccc12)c1cccc([N+](=O)[O-])c1. The van der Waals surface area contributed by atoms with Crippen molar-refractivity contribution in [3.8, 4) is 0 Å². The molecule has 0 bridgehead atoms. The highest BCUT2D eigenvalue weighted by atomic mass is 16.6. The number of alkyl carbamates (subject to hydrolysis) is 1. The Bertz CT molecular complexity index is 1220. The smallest absolute Gasteiger partial charge is 0.407 e. The minimum absolute atomic E-state index is 0.0395. The first-order valence-corrected chi connectivity index (χ1v) is 10.5. The molecule has 3 rings (SSSR count). The molecule has 2 amide bonds. The number of nitro groups is 1. The van der Waals surface area contributed by atoms with Crippen LogP contribution < -0.4 is 16.4 Å². The number of ether oxygens (including phenoxy) is 1. The number of para-hydroxylation sites is 1. The minimum atomic E-state index is -0.622. The summed E-state index contributed by atoms with van der Waals surface area (Å²) in [6, 6.07) is 10.6. The van der Waals surface area contributed by atoms with Crippen molar-refractivity contribution in [2.24, 2.45) is 5.73 Å². The third-order valence-corrected chi connectivity index (χ3v) is 4.84. The number of nitrogens with one attached hydrogen (secondary N) is 2. The van der Waals surface area contributed by atoms with Gasteiger partial charge in [0.1, 0.15) is 12.1 Å². The largest absolute Gasteiger partial charge is 0.449 e. The zero-order chi connectivity index (χ0) is 24.9. The molecule has 3 aromatic rings. The van der Waals surface area contributed by atoms with E-state index >= 15 is 0 Å². The lowest BCUT2D eigenvalue weighted by atomic mass is 10.0. The van der Waals surface area contributed by atoms with Gasteiger partial charge in [-0.1, -0.05) is 18.2 Å². The topological polar surface area (TPSA) is 162 Å². The van der Waals surface area contributed by atoms with Crippen LogP contribution in [0.2, 0.25) is 0 Å². The van der Waals surface area contributed by atoms with E-state index in [9.17, 15) is 19.7 Å². The van der Waals surface area contributed by atoms with Crippen molar-refractivity contribution in [2.75, 3.05) is 11.9 Å². The summed E-state index contributed by atoms with van der Waals surface area (Å²) in [5.74, 6) is -0.215. The standard InChI is InChI=1S/C23H26N6O5/c1-23(2,3)28-22(31)34-11-10-18(14-6-4-7-15(12-14)29(32)33)27-21-17-9-5-8-16(20(24)30)19(17)25-13-26-21/h4-9,12-13,18H,10-11H2,1-3H3,(H2,24,30)(H,28,31)(H,25,26,27). The Labute approximate surface area is 195 Å². The maximum absolute atomic E-state index is 12.0. The maximum Gasteiger partial charge on any atom is 0.407 e. The number of aromatic nitrogens is 2. The van der Waals surface area contributed by atoms with Gasteiger partial charge < -0.3 is 21.1 Å². The average molecular weight is 466 g/mol. The van der Waals surface area contributed by atoms with Crippen molar-refractivity contribution in [3.63, 3.8) is 0 Å². The molecule has 0 aliphatic carbocycles. The third-order valence-electron chi connectivity index (χ3n) is 4.84. The Morgan fingerprint density at radius 1 is 1.18 bits per heavy atom. The second-order valence-corrected chi connectivity index (χ2v) is 8.64. The molecular weight excluding hydrogens is 440 g/mol. The van der Waals surface area contributed by atoms with Crippen LogP contribution in [0.1, 0.15) is 49.2 Å². The lowest BCUT2D eigenvalue weighted by molar-refractivity contribution is -0.384. The molecule has 2 aromatic carbocycles. The summed E-state index contributed by atoms with van der Waals surface area (Å²) >= 11 is 0. The van der Waals surface area contributed by atoms with Crippen molar-refractivity contribution in [1.82, 2.24) is 15.3 Å². The summed E-state index contributed by atoms with van der Waals surface area (Å²) in [7, 11) is 0. The number of benzene rings is 2. The van der Waals surface area contributed by atoms with Crippen molar-refractivity contribution in [2.45, 2.75) is 38.8 Å². The van der Waals surface area contributed by atoms with E-state index in [4.69, 9.17) is 10.5 Å². The fourth-order valence-corrected chi connectivity index (χ4v) is 3.36. The third kappa shape index (κ3) is 6.15. The van der Waals surface area contributed by atoms with Gasteiger partial charge in [-0.05, 0) is 38.5 Å². The monoisotopic (exact) mass is 466 g/mol. The quantitative estimate of drug-likeness (QED) is 0.334. The number of carbonyl (C=O) groups excluding carboxylic acids is 2. The number of non-ortho nitro benzene ring substituents is 1. The zero-order valence-electron chi connectivity index (χ0n) is 19.1. The molecule has 0 fully saturated rings. The molecule has 0 saturated heterocycles. The van der Waals surface area contributed by atoms with E-state index in [1.807, 2.05) is 20.8 Å². The highest BCUT2D eigenvalue weighted by Crippen LogP contribution is 2.29. The van der Waals surface area contributed by atoms with E-state index in [1.165, 1.54) is 18.5 Å². The molecule has 4 N–H and O–H groups in total. The maximum atomic E-state index is 12.0. The Hall–Kier alpha value is -4.28. The highest BCUT2D eigenvalue weighted by Gasteiger charge is 2.20. The number of fused-ring (bicyclic) bond motifs is 1. The normalized spacial score (nSPS) is 12.1. The summed E-state index contributed by atoms with van der Waals surface area (Å²) in [6.45, 7) is 5.55. The number of anilines is 1. The second kappa shape index (κ2) is 10.1. The Kier molecular flexibility index (Phi) is 7.24. The van der Waals surface area contributed by atoms with Crippen molar-refractivity contribution in [3.05, 3.63) is 70.0 Å². The van der Waals surface area contributed by atoms with E-state index in [0.717, 1.165) is 0 Å². The molecule has 0 spiro atoms. The van der Waals surface area contributed by atoms with E-state index in [2.05, 4.69) is 20.6 Å². The summed E-state index contributed by atoms with van der Waals surface area (Å²) < 4.78 is 5.31. The van der Waals surface area contributed by atoms with Crippen LogP contribution in [0.25, 0.3) is 10.9 Å². The highest BCUT2D eigenvalue weighted by molar-refractivity contribution is 6.06. The van der Waals surface area contributed by atoms with Crippen molar-refractivity contribution < 1.29 is 19.2 Å². The van der Waals surface area contributed by atoms with Gasteiger partial charge in [-0.15, -0.1) is 0 Å². The first kappa shape index (κ1) is 24.4. The first-order valence-electron chi connectivity index (χ1n) is 10.5. The van der Waals surface area contributed by atoms with Crippen molar-refractivity contribution >= 4 is 34.4 Å². The van der Waals surface area contributed by atoms with Crippen molar-refractivity contribution in [1.29, 1.82) is 0 Å². The predicted octanol–water partition coefficient (Wildman–Crippen LogP) is 3.70.